The first-order valence-corrected chi connectivity index (χ1v) is 5.54. The molecule has 15 heavy (non-hydrogen) atoms. The number of rotatable bonds is 2. The average Bonchev–Trinajstić information content (AvgIpc) is 2.90. The Hall–Kier alpha value is -1.18. The van der Waals surface area contributed by atoms with Crippen molar-refractivity contribution < 1.29 is 4.74 Å². The largest absolute Gasteiger partial charge is 0.488 e. The molecular weight excluding hydrogens is 186 g/mol. The van der Waals surface area contributed by atoms with Crippen LogP contribution < -0.4 is 10.5 Å². The molecule has 2 N–H and O–H groups in total. The SMILES string of the molecule is CC(C)(C)c1cccc(N)c1OC1CC1. The van der Waals surface area contributed by atoms with Gasteiger partial charge >= 0.3 is 0 Å². The molecule has 0 atom stereocenters. The second-order valence-corrected chi connectivity index (χ2v) is 5.29. The van der Waals surface area contributed by atoms with Gasteiger partial charge in [0.25, 0.3) is 0 Å². The quantitative estimate of drug-likeness (QED) is 0.753. The van der Waals surface area contributed by atoms with Crippen molar-refractivity contribution in [3.63, 3.8) is 0 Å². The van der Waals surface area contributed by atoms with Crippen LogP contribution in [0.3, 0.4) is 0 Å². The van der Waals surface area contributed by atoms with Crippen LogP contribution in [0.2, 0.25) is 0 Å². The molecular formula is C13H19NO. The molecule has 1 saturated carbocycles. The number of nitrogen functional groups attached to an aromatic ring is 1. The zero-order chi connectivity index (χ0) is 11.1. The van der Waals surface area contributed by atoms with Crippen molar-refractivity contribution in [2.75, 3.05) is 5.73 Å². The molecule has 1 aromatic rings. The minimum absolute atomic E-state index is 0.0829. The highest BCUT2D eigenvalue weighted by molar-refractivity contribution is 5.58. The van der Waals surface area contributed by atoms with Crippen LogP contribution in [0.1, 0.15) is 39.2 Å². The fourth-order valence-electron chi connectivity index (χ4n) is 1.63. The van der Waals surface area contributed by atoms with E-state index in [0.717, 1.165) is 24.3 Å². The van der Waals surface area contributed by atoms with E-state index in [2.05, 4.69) is 26.8 Å². The Labute approximate surface area is 91.4 Å². The fraction of sp³-hybridized carbons (Fsp3) is 0.538. The number of hydrogen-bond donors (Lipinski definition) is 1. The van der Waals surface area contributed by atoms with Gasteiger partial charge in [-0.2, -0.15) is 0 Å². The first-order chi connectivity index (χ1) is 6.98. The summed E-state index contributed by atoms with van der Waals surface area (Å²) in [5, 5.41) is 0. The van der Waals surface area contributed by atoms with Gasteiger partial charge in [0.15, 0.2) is 0 Å². The van der Waals surface area contributed by atoms with Crippen LogP contribution in [-0.2, 0) is 5.41 Å². The maximum Gasteiger partial charge on any atom is 0.146 e. The van der Waals surface area contributed by atoms with Crippen LogP contribution >= 0.6 is 0 Å². The zero-order valence-electron chi connectivity index (χ0n) is 9.71. The van der Waals surface area contributed by atoms with E-state index in [0.29, 0.717) is 6.10 Å². The summed E-state index contributed by atoms with van der Waals surface area (Å²) in [6, 6.07) is 6.01. The Morgan fingerprint density at radius 2 is 1.93 bits per heavy atom. The highest BCUT2D eigenvalue weighted by Crippen LogP contribution is 2.38. The second kappa shape index (κ2) is 3.44. The Morgan fingerprint density at radius 3 is 2.47 bits per heavy atom. The van der Waals surface area contributed by atoms with E-state index >= 15 is 0 Å². The van der Waals surface area contributed by atoms with Crippen molar-refractivity contribution in [1.29, 1.82) is 0 Å². The van der Waals surface area contributed by atoms with Crippen LogP contribution in [0.5, 0.6) is 5.75 Å². The fourth-order valence-corrected chi connectivity index (χ4v) is 1.63. The lowest BCUT2D eigenvalue weighted by molar-refractivity contribution is 0.296. The van der Waals surface area contributed by atoms with Crippen LogP contribution in [0.15, 0.2) is 18.2 Å². The molecule has 1 fully saturated rings. The first-order valence-electron chi connectivity index (χ1n) is 5.54. The maximum atomic E-state index is 5.97. The van der Waals surface area contributed by atoms with Gasteiger partial charge in [-0.25, -0.2) is 0 Å². The Kier molecular flexibility index (Phi) is 2.37. The van der Waals surface area contributed by atoms with Gasteiger partial charge in [0.05, 0.1) is 11.8 Å². The van der Waals surface area contributed by atoms with Gasteiger partial charge < -0.3 is 10.5 Å². The molecule has 0 bridgehead atoms. The molecule has 2 heteroatoms. The van der Waals surface area contributed by atoms with E-state index < -0.39 is 0 Å². The van der Waals surface area contributed by atoms with E-state index in [4.69, 9.17) is 10.5 Å². The van der Waals surface area contributed by atoms with Gasteiger partial charge in [0, 0.05) is 5.56 Å². The number of para-hydroxylation sites is 1. The topological polar surface area (TPSA) is 35.2 Å². The third-order valence-corrected chi connectivity index (χ3v) is 2.66. The predicted molar refractivity (Wildman–Crippen MR) is 63.2 cm³/mol. The van der Waals surface area contributed by atoms with E-state index in [-0.39, 0.29) is 5.41 Å². The number of nitrogens with two attached hydrogens (primary N) is 1. The second-order valence-electron chi connectivity index (χ2n) is 5.29. The van der Waals surface area contributed by atoms with Gasteiger partial charge in [0.2, 0.25) is 0 Å². The summed E-state index contributed by atoms with van der Waals surface area (Å²) in [6.45, 7) is 6.55. The van der Waals surface area contributed by atoms with Crippen LogP contribution in [0.25, 0.3) is 0 Å². The summed E-state index contributed by atoms with van der Waals surface area (Å²) in [5.74, 6) is 0.896. The van der Waals surface area contributed by atoms with Gasteiger partial charge in [-0.05, 0) is 24.3 Å². The number of benzene rings is 1. The average molecular weight is 205 g/mol. The molecule has 0 aliphatic heterocycles. The molecule has 2 rings (SSSR count). The normalized spacial score (nSPS) is 16.5. The minimum atomic E-state index is 0.0829. The summed E-state index contributed by atoms with van der Waals surface area (Å²) in [7, 11) is 0. The molecule has 0 heterocycles. The van der Waals surface area contributed by atoms with E-state index in [1.807, 2.05) is 12.1 Å². The van der Waals surface area contributed by atoms with Gasteiger partial charge in [-0.1, -0.05) is 32.9 Å². The molecule has 1 aromatic carbocycles. The number of anilines is 1. The summed E-state index contributed by atoms with van der Waals surface area (Å²) < 4.78 is 5.89. The Bertz CT molecular complexity index is 361. The van der Waals surface area contributed by atoms with E-state index in [1.165, 1.54) is 5.56 Å². The molecule has 1 aliphatic rings. The summed E-state index contributed by atoms with van der Waals surface area (Å²) in [6.07, 6.45) is 2.73. The van der Waals surface area contributed by atoms with Crippen molar-refractivity contribution >= 4 is 5.69 Å². The summed E-state index contributed by atoms with van der Waals surface area (Å²) >= 11 is 0. The van der Waals surface area contributed by atoms with Crippen molar-refractivity contribution in [2.45, 2.75) is 45.1 Å². The van der Waals surface area contributed by atoms with Crippen LogP contribution in [-0.4, -0.2) is 6.10 Å². The third-order valence-electron chi connectivity index (χ3n) is 2.66. The van der Waals surface area contributed by atoms with Crippen LogP contribution in [0.4, 0.5) is 5.69 Å². The van der Waals surface area contributed by atoms with Crippen LogP contribution in [0, 0.1) is 0 Å². The molecule has 0 spiro atoms. The predicted octanol–water partition coefficient (Wildman–Crippen LogP) is 3.11. The molecule has 0 aromatic heterocycles. The molecule has 0 radical (unpaired) electrons. The third kappa shape index (κ3) is 2.25. The molecule has 0 amide bonds. The lowest BCUT2D eigenvalue weighted by atomic mass is 9.86. The number of hydrogen-bond acceptors (Lipinski definition) is 2. The summed E-state index contributed by atoms with van der Waals surface area (Å²) in [5.41, 5.74) is 8.01. The van der Waals surface area contributed by atoms with E-state index in [9.17, 15) is 0 Å². The molecule has 2 nitrogen and oxygen atoms in total. The van der Waals surface area contributed by atoms with E-state index in [1.54, 1.807) is 0 Å². The lowest BCUT2D eigenvalue weighted by Gasteiger charge is -2.23. The van der Waals surface area contributed by atoms with Crippen molar-refractivity contribution in [2.24, 2.45) is 0 Å². The van der Waals surface area contributed by atoms with Gasteiger partial charge in [0.1, 0.15) is 5.75 Å². The minimum Gasteiger partial charge on any atom is -0.488 e. The zero-order valence-corrected chi connectivity index (χ0v) is 9.71. The van der Waals surface area contributed by atoms with Gasteiger partial charge in [-0.3, -0.25) is 0 Å². The highest BCUT2D eigenvalue weighted by Gasteiger charge is 2.28. The van der Waals surface area contributed by atoms with Crippen molar-refractivity contribution in [3.05, 3.63) is 23.8 Å². The molecule has 1 aliphatic carbocycles. The Morgan fingerprint density at radius 1 is 1.27 bits per heavy atom. The smallest absolute Gasteiger partial charge is 0.146 e. The summed E-state index contributed by atoms with van der Waals surface area (Å²) in [4.78, 5) is 0. The monoisotopic (exact) mass is 205 g/mol. The highest BCUT2D eigenvalue weighted by atomic mass is 16.5. The maximum absolute atomic E-state index is 5.97. The first kappa shape index (κ1) is 10.3. The Balaban J connectivity index is 2.38. The molecule has 0 unspecified atom stereocenters. The number of ether oxygens (including phenoxy) is 1. The van der Waals surface area contributed by atoms with Gasteiger partial charge in [-0.15, -0.1) is 0 Å². The standard InChI is InChI=1S/C13H19NO/c1-13(2,3)10-5-4-6-11(14)12(10)15-9-7-8-9/h4-6,9H,7-8,14H2,1-3H3. The van der Waals surface area contributed by atoms with Crippen molar-refractivity contribution in [1.82, 2.24) is 0 Å². The molecule has 82 valence electrons. The van der Waals surface area contributed by atoms with Crippen molar-refractivity contribution in [3.8, 4) is 5.75 Å². The molecule has 0 saturated heterocycles. The lowest BCUT2D eigenvalue weighted by Crippen LogP contribution is -2.15.